The van der Waals surface area contributed by atoms with Gasteiger partial charge in [-0.15, -0.1) is 0 Å². The summed E-state index contributed by atoms with van der Waals surface area (Å²) in [6.45, 7) is 12.8. The molecular formula is C39H67N5O16S. The molecule has 0 bridgehead atoms. The first-order valence-corrected chi connectivity index (χ1v) is 22.0. The van der Waals surface area contributed by atoms with Gasteiger partial charge in [-0.1, -0.05) is 13.0 Å². The molecule has 350 valence electrons. The van der Waals surface area contributed by atoms with Gasteiger partial charge in [-0.2, -0.15) is 0 Å². The van der Waals surface area contributed by atoms with Crippen molar-refractivity contribution >= 4 is 39.6 Å². The third-order valence-electron chi connectivity index (χ3n) is 7.90. The average Bonchev–Trinajstić information content (AvgIpc) is 3.40. The van der Waals surface area contributed by atoms with Crippen LogP contribution in [0.15, 0.2) is 33.7 Å². The highest BCUT2D eigenvalue weighted by Crippen LogP contribution is 2.29. The van der Waals surface area contributed by atoms with E-state index in [0.717, 1.165) is 6.42 Å². The van der Waals surface area contributed by atoms with Crippen LogP contribution in [0.3, 0.4) is 0 Å². The lowest BCUT2D eigenvalue weighted by molar-refractivity contribution is -0.180. The molecule has 0 aromatic heterocycles. The number of hydrogen-bond acceptors (Lipinski definition) is 17. The van der Waals surface area contributed by atoms with E-state index < -0.39 is 16.1 Å². The number of carbonyl (C=O) groups is 2. The molecule has 1 heterocycles. The Kier molecular flexibility index (Phi) is 31.0. The van der Waals surface area contributed by atoms with Gasteiger partial charge < -0.3 is 63.5 Å². The van der Waals surface area contributed by atoms with Crippen molar-refractivity contribution < 1.29 is 75.3 Å². The lowest BCUT2D eigenvalue weighted by Crippen LogP contribution is -2.34. The summed E-state index contributed by atoms with van der Waals surface area (Å²) in [6.07, 6.45) is 1.42. The summed E-state index contributed by atoms with van der Waals surface area (Å²) in [5.41, 5.74) is 7.43. The first-order valence-electron chi connectivity index (χ1n) is 20.5. The van der Waals surface area contributed by atoms with Crippen molar-refractivity contribution in [2.45, 2.75) is 31.6 Å². The number of rotatable bonds is 40. The van der Waals surface area contributed by atoms with Gasteiger partial charge in [0.1, 0.15) is 5.84 Å². The first-order chi connectivity index (χ1) is 29.7. The predicted octanol–water partition coefficient (Wildman–Crippen LogP) is 1.36. The monoisotopic (exact) mass is 893 g/mol. The number of ether oxygens (including phenoxy) is 10. The number of hydrogen-bond donors (Lipinski definition) is 4. The van der Waals surface area contributed by atoms with E-state index in [-0.39, 0.29) is 49.4 Å². The molecule has 5 N–H and O–H groups in total. The number of nitrogens with two attached hydrogens (primary N) is 1. The Bertz CT molecular complexity index is 1500. The van der Waals surface area contributed by atoms with Crippen molar-refractivity contribution in [3.8, 4) is 0 Å². The van der Waals surface area contributed by atoms with Gasteiger partial charge >= 0.3 is 6.09 Å². The molecule has 0 unspecified atom stereocenters. The molecule has 1 aromatic carbocycles. The molecule has 0 saturated heterocycles. The Labute approximate surface area is 359 Å². The molecule has 1 aromatic rings. The fraction of sp³-hybridized carbons (Fsp3) is 0.718. The number of amides is 2. The van der Waals surface area contributed by atoms with Crippen molar-refractivity contribution in [2.75, 3.05) is 158 Å². The predicted molar refractivity (Wildman–Crippen MR) is 223 cm³/mol. The number of nitrogens with one attached hydrogen (secondary N) is 2. The molecule has 1 aliphatic heterocycles. The van der Waals surface area contributed by atoms with Gasteiger partial charge in [-0.3, -0.25) is 9.63 Å². The number of sulfonamides is 1. The van der Waals surface area contributed by atoms with Gasteiger partial charge in [0.15, 0.2) is 0 Å². The van der Waals surface area contributed by atoms with Crippen LogP contribution >= 0.6 is 0 Å². The van der Waals surface area contributed by atoms with Crippen LogP contribution in [0.1, 0.15) is 32.3 Å². The summed E-state index contributed by atoms with van der Waals surface area (Å²) in [7, 11) is -3.86. The van der Waals surface area contributed by atoms with Crippen LogP contribution in [-0.2, 0) is 67.0 Å². The number of carboxylic acid groups (broad SMARTS) is 1. The van der Waals surface area contributed by atoms with Crippen LogP contribution < -0.4 is 15.8 Å². The minimum Gasteiger partial charge on any atom is -0.465 e. The molecule has 22 heteroatoms. The summed E-state index contributed by atoms with van der Waals surface area (Å²) in [4.78, 5) is 33.3. The summed E-state index contributed by atoms with van der Waals surface area (Å²) < 4.78 is 82.7. The fourth-order valence-electron chi connectivity index (χ4n) is 5.06. The number of carbonyl (C=O) groups excluding carboxylic acids is 1. The number of nitrogens with zero attached hydrogens (tertiary/aromatic N) is 2. The summed E-state index contributed by atoms with van der Waals surface area (Å²) in [5.74, 6) is -0.118. The van der Waals surface area contributed by atoms with E-state index in [1.165, 1.54) is 17.2 Å². The molecular weight excluding hydrogens is 827 g/mol. The Morgan fingerprint density at radius 3 is 1.52 bits per heavy atom. The molecule has 0 atom stereocenters. The zero-order valence-corrected chi connectivity index (χ0v) is 36.5. The largest absolute Gasteiger partial charge is 0.465 e. The van der Waals surface area contributed by atoms with E-state index in [1.54, 1.807) is 19.1 Å². The lowest BCUT2D eigenvalue weighted by atomic mass is 10.1. The maximum Gasteiger partial charge on any atom is 0.404 e. The van der Waals surface area contributed by atoms with Gasteiger partial charge in [0.2, 0.25) is 10.0 Å². The van der Waals surface area contributed by atoms with Gasteiger partial charge in [0, 0.05) is 37.2 Å². The van der Waals surface area contributed by atoms with Gasteiger partial charge in [0.05, 0.1) is 149 Å². The lowest BCUT2D eigenvalue weighted by Gasteiger charge is -2.21. The molecule has 0 fully saturated rings. The summed E-state index contributed by atoms with van der Waals surface area (Å²) >= 11 is 0. The van der Waals surface area contributed by atoms with Crippen LogP contribution in [0.4, 0.5) is 10.5 Å². The van der Waals surface area contributed by atoms with Crippen molar-refractivity contribution in [1.29, 1.82) is 0 Å². The van der Waals surface area contributed by atoms with Crippen LogP contribution in [0, 0.1) is 0 Å². The Morgan fingerprint density at radius 1 is 0.689 bits per heavy atom. The molecule has 0 radical (unpaired) electrons. The molecule has 0 aliphatic carbocycles. The number of amidine groups is 1. The molecule has 0 spiro atoms. The van der Waals surface area contributed by atoms with Crippen LogP contribution in [0.5, 0.6) is 0 Å². The van der Waals surface area contributed by atoms with Crippen LogP contribution in [0.2, 0.25) is 0 Å². The first kappa shape index (κ1) is 53.8. The number of aliphatic imine (C=N–C) groups is 1. The van der Waals surface area contributed by atoms with Crippen LogP contribution in [-0.4, -0.2) is 195 Å². The number of fused-ring (bicyclic) bond motifs is 1. The summed E-state index contributed by atoms with van der Waals surface area (Å²) in [6, 6.07) is 4.48. The second-order valence-electron chi connectivity index (χ2n) is 12.7. The highest BCUT2D eigenvalue weighted by molar-refractivity contribution is 7.89. The quantitative estimate of drug-likeness (QED) is 0.0536. The maximum absolute atomic E-state index is 13.1. The van der Waals surface area contributed by atoms with E-state index in [9.17, 15) is 18.0 Å². The molecule has 21 nitrogen and oxygen atoms in total. The molecule has 2 amide bonds. The Balaban J connectivity index is 1.36. The minimum atomic E-state index is -3.86. The minimum absolute atomic E-state index is 0.0158. The Hall–Kier alpha value is -3.36. The zero-order chi connectivity index (χ0) is 44.2. The molecule has 2 rings (SSSR count). The zero-order valence-electron chi connectivity index (χ0n) is 35.6. The van der Waals surface area contributed by atoms with E-state index >= 15 is 0 Å². The third-order valence-corrected chi connectivity index (χ3v) is 9.36. The molecule has 61 heavy (non-hydrogen) atoms. The smallest absolute Gasteiger partial charge is 0.404 e. The topological polar surface area (TPSA) is 256 Å². The van der Waals surface area contributed by atoms with Gasteiger partial charge in [0.25, 0.3) is 5.91 Å². The number of hydroxylamine groups is 2. The molecule has 0 saturated carbocycles. The van der Waals surface area contributed by atoms with E-state index in [1.807, 2.05) is 6.92 Å². The second kappa shape index (κ2) is 35.1. The van der Waals surface area contributed by atoms with Crippen molar-refractivity contribution in [1.82, 2.24) is 15.1 Å². The van der Waals surface area contributed by atoms with Crippen molar-refractivity contribution in [2.24, 2.45) is 10.7 Å². The van der Waals surface area contributed by atoms with E-state index in [4.69, 9.17) is 63.0 Å². The SMILES string of the molecule is CCCN(OCC)C(=O)C1=Cc2ccc(S(=O)(=O)NCCOCCOCCOCCOCCOCCOCCOCCOCCOCCOCCNC(=O)O)cc2N=C(N)C1. The van der Waals surface area contributed by atoms with Gasteiger partial charge in [-0.05, 0) is 31.6 Å². The normalized spacial score (nSPS) is 12.8. The summed E-state index contributed by atoms with van der Waals surface area (Å²) in [5, 5.41) is 12.0. The third kappa shape index (κ3) is 26.7. The van der Waals surface area contributed by atoms with Gasteiger partial charge in [-0.25, -0.2) is 28.0 Å². The van der Waals surface area contributed by atoms with Crippen molar-refractivity contribution in [3.63, 3.8) is 0 Å². The average molecular weight is 894 g/mol. The fourth-order valence-corrected chi connectivity index (χ4v) is 6.09. The van der Waals surface area contributed by atoms with Crippen molar-refractivity contribution in [3.05, 3.63) is 29.3 Å². The van der Waals surface area contributed by atoms with E-state index in [0.29, 0.717) is 149 Å². The molecule has 1 aliphatic rings. The highest BCUT2D eigenvalue weighted by atomic mass is 32.2. The van der Waals surface area contributed by atoms with Crippen LogP contribution in [0.25, 0.3) is 6.08 Å². The number of benzene rings is 1. The highest BCUT2D eigenvalue weighted by Gasteiger charge is 2.23. The van der Waals surface area contributed by atoms with E-state index in [2.05, 4.69) is 15.0 Å². The second-order valence-corrected chi connectivity index (χ2v) is 14.5. The maximum atomic E-state index is 13.1. The Morgan fingerprint density at radius 2 is 1.11 bits per heavy atom. The standard InChI is InChI=1S/C39H67N5O16S/c1-3-9-44(60-4-2)38(45)34-30-33-5-6-35(32-36(33)43-37(40)31-34)61(48,49)42-8-11-51-13-15-53-17-19-55-21-23-57-25-27-59-29-28-58-26-24-56-22-20-54-18-16-52-14-12-50-10-7-41-39(46)47/h5-6,30,32,41-42H,3-4,7-29,31H2,1-2H3,(H2,40,43)(H,46,47).